The maximum absolute atomic E-state index is 14.2. The molecule has 0 radical (unpaired) electrons. The van der Waals surface area contributed by atoms with Crippen LogP contribution in [0.5, 0.6) is 0 Å². The first-order valence-electron chi connectivity index (χ1n) is 8.17. The molecule has 25 heavy (non-hydrogen) atoms. The molecule has 1 amide bonds. The maximum Gasteiger partial charge on any atom is 0.250 e. The first-order valence-corrected chi connectivity index (χ1v) is 8.17. The van der Waals surface area contributed by atoms with E-state index in [0.29, 0.717) is 18.8 Å². The number of carbonyl (C=O) groups is 1. The second kappa shape index (κ2) is 8.18. The molecule has 0 bridgehead atoms. The Balaban J connectivity index is 1.69. The van der Waals surface area contributed by atoms with Crippen LogP contribution >= 0.6 is 0 Å². The highest BCUT2D eigenvalue weighted by Gasteiger charge is 2.18. The Morgan fingerprint density at radius 1 is 1.24 bits per heavy atom. The van der Waals surface area contributed by atoms with Crippen LogP contribution in [0, 0.1) is 11.6 Å². The van der Waals surface area contributed by atoms with Gasteiger partial charge in [0.05, 0.1) is 18.4 Å². The number of carbonyl (C=O) groups excluding carboxylic acids is 1. The van der Waals surface area contributed by atoms with Crippen molar-refractivity contribution in [2.75, 3.05) is 25.1 Å². The van der Waals surface area contributed by atoms with Crippen molar-refractivity contribution in [1.82, 2.24) is 0 Å². The van der Waals surface area contributed by atoms with E-state index in [1.165, 1.54) is 6.07 Å². The van der Waals surface area contributed by atoms with Gasteiger partial charge in [-0.25, -0.2) is 8.78 Å². The van der Waals surface area contributed by atoms with Gasteiger partial charge in [0.2, 0.25) is 5.91 Å². The molecule has 1 heterocycles. The van der Waals surface area contributed by atoms with Crippen molar-refractivity contribution in [3.63, 3.8) is 0 Å². The summed E-state index contributed by atoms with van der Waals surface area (Å²) >= 11 is 0. The lowest BCUT2D eigenvalue weighted by atomic mass is 10.0. The minimum atomic E-state index is -0.827. The Hall–Kier alpha value is -2.31. The summed E-state index contributed by atoms with van der Waals surface area (Å²) in [6.45, 7) is 0.817. The van der Waals surface area contributed by atoms with Gasteiger partial charge in [-0.2, -0.15) is 0 Å². The number of anilines is 1. The topological polar surface area (TPSA) is 47.6 Å². The SMILES string of the molecule is O=C(COC[C@H]1CCCO1)Nc1c(F)cc(F)cc1-c1ccccc1. The highest BCUT2D eigenvalue weighted by molar-refractivity contribution is 5.96. The summed E-state index contributed by atoms with van der Waals surface area (Å²) in [5.74, 6) is -2.03. The summed E-state index contributed by atoms with van der Waals surface area (Å²) in [4.78, 5) is 12.1. The van der Waals surface area contributed by atoms with Crippen LogP contribution in [-0.4, -0.2) is 31.8 Å². The molecule has 2 aromatic rings. The van der Waals surface area contributed by atoms with Crippen molar-refractivity contribution < 1.29 is 23.0 Å². The van der Waals surface area contributed by atoms with Gasteiger partial charge in [0.25, 0.3) is 0 Å². The fourth-order valence-corrected chi connectivity index (χ4v) is 2.78. The fourth-order valence-electron chi connectivity index (χ4n) is 2.78. The third-order valence-corrected chi connectivity index (χ3v) is 3.97. The molecule has 2 aromatic carbocycles. The molecule has 0 aromatic heterocycles. The molecule has 1 N–H and O–H groups in total. The van der Waals surface area contributed by atoms with E-state index in [-0.39, 0.29) is 24.0 Å². The van der Waals surface area contributed by atoms with Gasteiger partial charge in [-0.3, -0.25) is 4.79 Å². The molecule has 0 aliphatic carbocycles. The highest BCUT2D eigenvalue weighted by Crippen LogP contribution is 2.31. The number of benzene rings is 2. The molecule has 0 saturated carbocycles. The first kappa shape index (κ1) is 17.5. The third-order valence-electron chi connectivity index (χ3n) is 3.97. The average Bonchev–Trinajstić information content (AvgIpc) is 3.11. The number of ether oxygens (including phenoxy) is 2. The number of amides is 1. The molecular formula is C19H19F2NO3. The Morgan fingerprint density at radius 3 is 2.76 bits per heavy atom. The molecule has 1 atom stereocenters. The van der Waals surface area contributed by atoms with Crippen LogP contribution in [0.2, 0.25) is 0 Å². The standard InChI is InChI=1S/C19H19F2NO3/c20-14-9-16(13-5-2-1-3-6-13)19(17(21)10-14)22-18(23)12-24-11-15-7-4-8-25-15/h1-3,5-6,9-10,15H,4,7-8,11-12H2,(H,22,23)/t15-/m1/s1. The predicted molar refractivity (Wildman–Crippen MR) is 90.2 cm³/mol. The van der Waals surface area contributed by atoms with Crippen LogP contribution in [0.25, 0.3) is 11.1 Å². The Labute approximate surface area is 144 Å². The van der Waals surface area contributed by atoms with Crippen molar-refractivity contribution in [1.29, 1.82) is 0 Å². The Morgan fingerprint density at radius 2 is 2.04 bits per heavy atom. The quantitative estimate of drug-likeness (QED) is 0.865. The van der Waals surface area contributed by atoms with Gasteiger partial charge in [0.1, 0.15) is 18.2 Å². The van der Waals surface area contributed by atoms with E-state index in [2.05, 4.69) is 5.32 Å². The van der Waals surface area contributed by atoms with E-state index in [1.54, 1.807) is 30.3 Å². The van der Waals surface area contributed by atoms with Crippen LogP contribution in [0.4, 0.5) is 14.5 Å². The molecule has 1 aliphatic heterocycles. The van der Waals surface area contributed by atoms with E-state index in [0.717, 1.165) is 18.9 Å². The summed E-state index contributed by atoms with van der Waals surface area (Å²) in [5, 5.41) is 2.48. The molecule has 4 nitrogen and oxygen atoms in total. The van der Waals surface area contributed by atoms with Crippen molar-refractivity contribution >= 4 is 11.6 Å². The zero-order chi connectivity index (χ0) is 17.6. The second-order valence-corrected chi connectivity index (χ2v) is 5.87. The van der Waals surface area contributed by atoms with Crippen molar-refractivity contribution in [2.45, 2.75) is 18.9 Å². The number of halogens is 2. The molecule has 132 valence electrons. The minimum absolute atomic E-state index is 0.00948. The van der Waals surface area contributed by atoms with Gasteiger partial charge < -0.3 is 14.8 Å². The van der Waals surface area contributed by atoms with Crippen molar-refractivity contribution in [2.24, 2.45) is 0 Å². The lowest BCUT2D eigenvalue weighted by Gasteiger charge is -2.14. The fraction of sp³-hybridized carbons (Fsp3) is 0.316. The average molecular weight is 347 g/mol. The van der Waals surface area contributed by atoms with Crippen LogP contribution in [-0.2, 0) is 14.3 Å². The number of rotatable bonds is 6. The zero-order valence-electron chi connectivity index (χ0n) is 13.6. The van der Waals surface area contributed by atoms with E-state index >= 15 is 0 Å². The monoisotopic (exact) mass is 347 g/mol. The second-order valence-electron chi connectivity index (χ2n) is 5.87. The highest BCUT2D eigenvalue weighted by atomic mass is 19.1. The van der Waals surface area contributed by atoms with Crippen molar-refractivity contribution in [3.05, 3.63) is 54.1 Å². The largest absolute Gasteiger partial charge is 0.376 e. The van der Waals surface area contributed by atoms with Gasteiger partial charge in [-0.1, -0.05) is 30.3 Å². The third kappa shape index (κ3) is 4.61. The smallest absolute Gasteiger partial charge is 0.250 e. The van der Waals surface area contributed by atoms with E-state index < -0.39 is 17.5 Å². The summed E-state index contributed by atoms with van der Waals surface area (Å²) in [6.07, 6.45) is 1.91. The molecule has 1 saturated heterocycles. The summed E-state index contributed by atoms with van der Waals surface area (Å²) in [7, 11) is 0. The molecule has 1 fully saturated rings. The predicted octanol–water partition coefficient (Wildman–Crippen LogP) is 3.77. The normalized spacial score (nSPS) is 16.8. The summed E-state index contributed by atoms with van der Waals surface area (Å²) in [6, 6.07) is 10.7. The van der Waals surface area contributed by atoms with Crippen LogP contribution in [0.15, 0.2) is 42.5 Å². The lowest BCUT2D eigenvalue weighted by molar-refractivity contribution is -0.121. The van der Waals surface area contributed by atoms with Gasteiger partial charge in [-0.05, 0) is 24.5 Å². The lowest BCUT2D eigenvalue weighted by Crippen LogP contribution is -2.23. The van der Waals surface area contributed by atoms with Gasteiger partial charge >= 0.3 is 0 Å². The Kier molecular flexibility index (Phi) is 5.73. The van der Waals surface area contributed by atoms with Crippen LogP contribution < -0.4 is 5.32 Å². The van der Waals surface area contributed by atoms with Gasteiger partial charge in [0, 0.05) is 18.2 Å². The van der Waals surface area contributed by atoms with E-state index in [1.807, 2.05) is 0 Å². The Bertz CT molecular complexity index is 731. The van der Waals surface area contributed by atoms with Crippen molar-refractivity contribution in [3.8, 4) is 11.1 Å². The molecule has 1 aliphatic rings. The molecule has 6 heteroatoms. The molecule has 3 rings (SSSR count). The van der Waals surface area contributed by atoms with E-state index in [9.17, 15) is 13.6 Å². The summed E-state index contributed by atoms with van der Waals surface area (Å²) in [5.41, 5.74) is 0.834. The molecular weight excluding hydrogens is 328 g/mol. The van der Waals surface area contributed by atoms with Crippen LogP contribution in [0.3, 0.4) is 0 Å². The zero-order valence-corrected chi connectivity index (χ0v) is 13.6. The number of hydrogen-bond donors (Lipinski definition) is 1. The van der Waals surface area contributed by atoms with E-state index in [4.69, 9.17) is 9.47 Å². The molecule has 0 unspecified atom stereocenters. The minimum Gasteiger partial charge on any atom is -0.376 e. The number of nitrogens with one attached hydrogen (secondary N) is 1. The first-order chi connectivity index (χ1) is 12.1. The molecule has 0 spiro atoms. The number of hydrogen-bond acceptors (Lipinski definition) is 3. The summed E-state index contributed by atoms with van der Waals surface area (Å²) < 4.78 is 38.6. The van der Waals surface area contributed by atoms with Crippen LogP contribution in [0.1, 0.15) is 12.8 Å². The maximum atomic E-state index is 14.2. The van der Waals surface area contributed by atoms with Gasteiger partial charge in [0.15, 0.2) is 0 Å². The van der Waals surface area contributed by atoms with Gasteiger partial charge in [-0.15, -0.1) is 0 Å².